The summed E-state index contributed by atoms with van der Waals surface area (Å²) in [6.45, 7) is 5.21. The number of aromatic nitrogens is 1. The fraction of sp³-hybridized carbons (Fsp3) is 0.304. The third-order valence-electron chi connectivity index (χ3n) is 4.79. The highest BCUT2D eigenvalue weighted by atomic mass is 16.1. The van der Waals surface area contributed by atoms with Crippen LogP contribution in [0.15, 0.2) is 59.7 Å². The fourth-order valence-electron chi connectivity index (χ4n) is 3.05. The molecule has 2 aromatic carbocycles. The molecule has 0 aliphatic heterocycles. The summed E-state index contributed by atoms with van der Waals surface area (Å²) in [5, 5.41) is 10.9. The first-order valence-corrected chi connectivity index (χ1v) is 9.96. The molecule has 1 amide bonds. The van der Waals surface area contributed by atoms with Crippen LogP contribution in [0.2, 0.25) is 0 Å². The van der Waals surface area contributed by atoms with Gasteiger partial charge in [0.05, 0.1) is 0 Å². The summed E-state index contributed by atoms with van der Waals surface area (Å²) in [5.74, 6) is 0.757. The van der Waals surface area contributed by atoms with E-state index >= 15 is 0 Å². The number of rotatable bonds is 7. The van der Waals surface area contributed by atoms with E-state index in [-0.39, 0.29) is 11.8 Å². The van der Waals surface area contributed by atoms with Crippen LogP contribution in [-0.4, -0.2) is 30.4 Å². The average molecular weight is 392 g/mol. The molecule has 0 aliphatic carbocycles. The summed E-state index contributed by atoms with van der Waals surface area (Å²) in [6.07, 6.45) is 2.98. The number of anilines is 1. The van der Waals surface area contributed by atoms with E-state index in [4.69, 9.17) is 0 Å². The van der Waals surface area contributed by atoms with Crippen molar-refractivity contribution in [3.63, 3.8) is 0 Å². The van der Waals surface area contributed by atoms with Crippen LogP contribution in [0.4, 0.5) is 5.69 Å². The number of nitrogens with zero attached hydrogens (tertiary/aromatic N) is 1. The lowest BCUT2D eigenvalue weighted by Crippen LogP contribution is -2.37. The number of carbonyl (C=O) groups excluding carboxylic acids is 1. The summed E-state index contributed by atoms with van der Waals surface area (Å²) in [5.41, 5.74) is 4.39. The highest BCUT2D eigenvalue weighted by Crippen LogP contribution is 2.17. The smallest absolute Gasteiger partial charge is 0.226 e. The Morgan fingerprint density at radius 1 is 1.07 bits per heavy atom. The van der Waals surface area contributed by atoms with Gasteiger partial charge in [-0.3, -0.25) is 9.79 Å². The van der Waals surface area contributed by atoms with Gasteiger partial charge in [-0.05, 0) is 35.7 Å². The first-order valence-electron chi connectivity index (χ1n) is 9.96. The number of H-pyrrole nitrogens is 1. The second-order valence-electron chi connectivity index (χ2n) is 7.30. The largest absolute Gasteiger partial charge is 0.361 e. The molecule has 0 radical (unpaired) electrons. The van der Waals surface area contributed by atoms with Crippen molar-refractivity contribution in [1.82, 2.24) is 15.6 Å². The summed E-state index contributed by atoms with van der Waals surface area (Å²) < 4.78 is 0. The Labute approximate surface area is 171 Å². The fourth-order valence-corrected chi connectivity index (χ4v) is 3.05. The van der Waals surface area contributed by atoms with Gasteiger partial charge >= 0.3 is 0 Å². The third-order valence-corrected chi connectivity index (χ3v) is 4.79. The third kappa shape index (κ3) is 5.60. The molecule has 6 nitrogen and oxygen atoms in total. The predicted octanol–water partition coefficient (Wildman–Crippen LogP) is 3.67. The quantitative estimate of drug-likeness (QED) is 0.366. The number of nitrogens with one attached hydrogen (secondary N) is 4. The highest BCUT2D eigenvalue weighted by Gasteiger charge is 2.07. The normalized spacial score (nSPS) is 11.7. The Morgan fingerprint density at radius 2 is 1.83 bits per heavy atom. The second-order valence-corrected chi connectivity index (χ2v) is 7.30. The first kappa shape index (κ1) is 20.5. The average Bonchev–Trinajstić information content (AvgIpc) is 3.14. The monoisotopic (exact) mass is 391 g/mol. The molecule has 152 valence electrons. The number of fused-ring (bicyclic) bond motifs is 1. The van der Waals surface area contributed by atoms with Crippen molar-refractivity contribution in [2.75, 3.05) is 18.9 Å². The van der Waals surface area contributed by atoms with Crippen molar-refractivity contribution in [2.24, 2.45) is 10.9 Å². The van der Waals surface area contributed by atoms with Crippen molar-refractivity contribution in [1.29, 1.82) is 0 Å². The van der Waals surface area contributed by atoms with E-state index < -0.39 is 0 Å². The lowest BCUT2D eigenvalue weighted by molar-refractivity contribution is -0.118. The van der Waals surface area contributed by atoms with Crippen molar-refractivity contribution in [3.8, 4) is 0 Å². The van der Waals surface area contributed by atoms with E-state index in [0.717, 1.165) is 35.7 Å². The number of aromatic amines is 1. The van der Waals surface area contributed by atoms with Gasteiger partial charge < -0.3 is 20.9 Å². The molecule has 0 bridgehead atoms. The molecule has 3 aromatic rings. The van der Waals surface area contributed by atoms with Gasteiger partial charge in [0, 0.05) is 48.8 Å². The zero-order chi connectivity index (χ0) is 20.6. The number of benzene rings is 2. The van der Waals surface area contributed by atoms with E-state index in [2.05, 4.69) is 50.3 Å². The van der Waals surface area contributed by atoms with Crippen molar-refractivity contribution in [3.05, 3.63) is 65.9 Å². The molecule has 0 saturated carbocycles. The maximum Gasteiger partial charge on any atom is 0.226 e. The van der Waals surface area contributed by atoms with Crippen molar-refractivity contribution >= 4 is 28.5 Å². The maximum absolute atomic E-state index is 11.8. The standard InChI is InChI=1S/C23H29N5O/c1-16(2)22(29)28-19-10-8-17(9-11-19)14-27-23(24-3)25-13-12-18-15-26-21-7-5-4-6-20(18)21/h4-11,15-16,26H,12-14H2,1-3H3,(H,28,29)(H2,24,25,27). The van der Waals surface area contributed by atoms with E-state index in [9.17, 15) is 4.79 Å². The van der Waals surface area contributed by atoms with E-state index in [1.807, 2.05) is 44.2 Å². The lowest BCUT2D eigenvalue weighted by Gasteiger charge is -2.12. The van der Waals surface area contributed by atoms with Crippen LogP contribution in [0.1, 0.15) is 25.0 Å². The van der Waals surface area contributed by atoms with Crippen molar-refractivity contribution in [2.45, 2.75) is 26.8 Å². The van der Waals surface area contributed by atoms with Crippen LogP contribution < -0.4 is 16.0 Å². The van der Waals surface area contributed by atoms with Gasteiger partial charge in [-0.2, -0.15) is 0 Å². The molecular weight excluding hydrogens is 362 g/mol. The van der Waals surface area contributed by atoms with Gasteiger partial charge in [0.25, 0.3) is 0 Å². The van der Waals surface area contributed by atoms with Crippen LogP contribution in [0, 0.1) is 5.92 Å². The number of para-hydroxylation sites is 1. The summed E-state index contributed by atoms with van der Waals surface area (Å²) in [6, 6.07) is 16.2. The highest BCUT2D eigenvalue weighted by molar-refractivity contribution is 5.92. The van der Waals surface area contributed by atoms with Crippen LogP contribution in [0.5, 0.6) is 0 Å². The number of hydrogen-bond acceptors (Lipinski definition) is 2. The Bertz CT molecular complexity index is 972. The molecule has 4 N–H and O–H groups in total. The molecule has 1 heterocycles. The number of aliphatic imine (C=N–C) groups is 1. The number of guanidine groups is 1. The minimum atomic E-state index is -0.0324. The minimum Gasteiger partial charge on any atom is -0.361 e. The molecular formula is C23H29N5O. The molecule has 0 aliphatic rings. The molecule has 0 fully saturated rings. The Kier molecular flexibility index (Phi) is 6.89. The molecule has 0 saturated heterocycles. The number of amides is 1. The number of hydrogen-bond donors (Lipinski definition) is 4. The number of carbonyl (C=O) groups is 1. The molecule has 0 unspecified atom stereocenters. The van der Waals surface area contributed by atoms with Gasteiger partial charge in [-0.15, -0.1) is 0 Å². The zero-order valence-electron chi connectivity index (χ0n) is 17.3. The molecule has 6 heteroatoms. The maximum atomic E-state index is 11.8. The summed E-state index contributed by atoms with van der Waals surface area (Å²) in [7, 11) is 1.77. The second kappa shape index (κ2) is 9.78. The molecule has 3 rings (SSSR count). The van der Waals surface area contributed by atoms with E-state index in [1.165, 1.54) is 10.9 Å². The van der Waals surface area contributed by atoms with Gasteiger partial charge in [0.1, 0.15) is 0 Å². The summed E-state index contributed by atoms with van der Waals surface area (Å²) >= 11 is 0. The van der Waals surface area contributed by atoms with Crippen LogP contribution in [-0.2, 0) is 17.8 Å². The van der Waals surface area contributed by atoms with Crippen LogP contribution >= 0.6 is 0 Å². The Hall–Kier alpha value is -3.28. The zero-order valence-corrected chi connectivity index (χ0v) is 17.3. The van der Waals surface area contributed by atoms with Gasteiger partial charge in [0.15, 0.2) is 5.96 Å². The van der Waals surface area contributed by atoms with Crippen LogP contribution in [0.25, 0.3) is 10.9 Å². The first-order chi connectivity index (χ1) is 14.1. The SMILES string of the molecule is CN=C(NCCc1c[nH]c2ccccc12)NCc1ccc(NC(=O)C(C)C)cc1. The molecule has 1 aromatic heterocycles. The molecule has 0 atom stereocenters. The minimum absolute atomic E-state index is 0.0238. The molecule has 0 spiro atoms. The van der Waals surface area contributed by atoms with E-state index in [1.54, 1.807) is 7.05 Å². The predicted molar refractivity (Wildman–Crippen MR) is 120 cm³/mol. The van der Waals surface area contributed by atoms with Gasteiger partial charge in [-0.25, -0.2) is 0 Å². The van der Waals surface area contributed by atoms with Crippen LogP contribution in [0.3, 0.4) is 0 Å². The van der Waals surface area contributed by atoms with E-state index in [0.29, 0.717) is 6.54 Å². The lowest BCUT2D eigenvalue weighted by atomic mass is 10.1. The van der Waals surface area contributed by atoms with Gasteiger partial charge in [-0.1, -0.05) is 44.2 Å². The molecule has 29 heavy (non-hydrogen) atoms. The Balaban J connectivity index is 1.46. The Morgan fingerprint density at radius 3 is 2.55 bits per heavy atom. The van der Waals surface area contributed by atoms with Crippen molar-refractivity contribution < 1.29 is 4.79 Å². The topological polar surface area (TPSA) is 81.3 Å². The summed E-state index contributed by atoms with van der Waals surface area (Å²) in [4.78, 5) is 19.4. The van der Waals surface area contributed by atoms with Gasteiger partial charge in [0.2, 0.25) is 5.91 Å².